The van der Waals surface area contributed by atoms with E-state index in [-0.39, 0.29) is 34.8 Å². The molecule has 0 aliphatic carbocycles. The number of quaternary nitrogens is 1. The molecule has 7 heteroatoms. The molecule has 0 saturated heterocycles. The van der Waals surface area contributed by atoms with Gasteiger partial charge in [-0.1, -0.05) is 0 Å². The molecule has 0 spiro atoms. The fraction of sp³-hybridized carbons (Fsp3) is 0.526. The Kier molecular flexibility index (Phi) is 5.71. The molecule has 1 aliphatic rings. The molecule has 3 atom stereocenters. The number of amides is 2. The van der Waals surface area contributed by atoms with Crippen LogP contribution in [0.1, 0.15) is 45.7 Å². The van der Waals surface area contributed by atoms with Gasteiger partial charge in [-0.2, -0.15) is 0 Å². The minimum atomic E-state index is -0.975. The summed E-state index contributed by atoms with van der Waals surface area (Å²) in [5, 5.41) is 12.7. The Morgan fingerprint density at radius 2 is 1.96 bits per heavy atom. The lowest BCUT2D eigenvalue weighted by Crippen LogP contribution is -2.60. The number of carbonyl (C=O) groups excluding carboxylic acids is 2. The van der Waals surface area contributed by atoms with Crippen molar-refractivity contribution in [3.63, 3.8) is 0 Å². The Morgan fingerprint density at radius 3 is 2.46 bits per heavy atom. The highest BCUT2D eigenvalue weighted by Crippen LogP contribution is 2.45. The van der Waals surface area contributed by atoms with Crippen molar-refractivity contribution >= 4 is 29.2 Å². The number of carboxylic acid groups (broad SMARTS) is 1. The maximum Gasteiger partial charge on any atom is 0.407 e. The van der Waals surface area contributed by atoms with Gasteiger partial charge in [0.25, 0.3) is 0 Å². The predicted octanol–water partition coefficient (Wildman–Crippen LogP) is 3.00. The van der Waals surface area contributed by atoms with E-state index in [1.807, 2.05) is 39.1 Å². The van der Waals surface area contributed by atoms with Gasteiger partial charge in [0.1, 0.15) is 11.5 Å². The van der Waals surface area contributed by atoms with Gasteiger partial charge < -0.3 is 15.3 Å². The van der Waals surface area contributed by atoms with Crippen molar-refractivity contribution in [2.45, 2.75) is 46.2 Å². The van der Waals surface area contributed by atoms with Crippen molar-refractivity contribution in [1.29, 1.82) is 0 Å². The predicted molar refractivity (Wildman–Crippen MR) is 101 cm³/mol. The lowest BCUT2D eigenvalue weighted by molar-refractivity contribution is -0.129. The Morgan fingerprint density at radius 1 is 1.31 bits per heavy atom. The van der Waals surface area contributed by atoms with Gasteiger partial charge in [0.15, 0.2) is 0 Å². The third-order valence-corrected chi connectivity index (χ3v) is 5.49. The van der Waals surface area contributed by atoms with Gasteiger partial charge in [-0.25, -0.2) is 14.1 Å². The first-order valence-electron chi connectivity index (χ1n) is 8.87. The van der Waals surface area contributed by atoms with Gasteiger partial charge in [0, 0.05) is 30.3 Å². The second kappa shape index (κ2) is 7.45. The fourth-order valence-corrected chi connectivity index (χ4v) is 3.74. The quantitative estimate of drug-likeness (QED) is 0.786. The van der Waals surface area contributed by atoms with E-state index in [1.54, 1.807) is 6.92 Å². The van der Waals surface area contributed by atoms with Crippen LogP contribution in [0.2, 0.25) is 0 Å². The molecule has 1 aromatic carbocycles. The molecule has 1 aliphatic heterocycles. The number of Topliss-reactive ketones (excluding diaryl/α,β-unsaturated/α-hetero) is 1. The van der Waals surface area contributed by atoms with Gasteiger partial charge in [-0.05, 0) is 32.9 Å². The Bertz CT molecular complexity index is 733. The zero-order valence-electron chi connectivity index (χ0n) is 16.1. The van der Waals surface area contributed by atoms with Crippen LogP contribution in [0.5, 0.6) is 0 Å². The van der Waals surface area contributed by atoms with Crippen molar-refractivity contribution in [2.75, 3.05) is 25.5 Å². The second-order valence-electron chi connectivity index (χ2n) is 7.09. The third-order valence-electron chi connectivity index (χ3n) is 5.49. The van der Waals surface area contributed by atoms with E-state index in [4.69, 9.17) is 0 Å². The molecule has 2 N–H and O–H groups in total. The Balaban J connectivity index is 2.59. The summed E-state index contributed by atoms with van der Waals surface area (Å²) in [6, 6.07) is 5.21. The zero-order valence-corrected chi connectivity index (χ0v) is 16.1. The molecule has 2 rings (SSSR count). The minimum absolute atomic E-state index is 0.0120. The van der Waals surface area contributed by atoms with Crippen LogP contribution in [0.25, 0.3) is 0 Å². The molecular weight excluding hydrogens is 334 g/mol. The highest BCUT2D eigenvalue weighted by Gasteiger charge is 2.47. The highest BCUT2D eigenvalue weighted by molar-refractivity contribution is 5.89. The van der Waals surface area contributed by atoms with Gasteiger partial charge in [0.2, 0.25) is 0 Å². The average Bonchev–Trinajstić information content (AvgIpc) is 2.57. The molecule has 0 saturated carbocycles. The van der Waals surface area contributed by atoms with E-state index in [0.29, 0.717) is 13.0 Å². The van der Waals surface area contributed by atoms with Crippen LogP contribution in [-0.2, 0) is 9.59 Å². The summed E-state index contributed by atoms with van der Waals surface area (Å²) < 4.78 is 0.135. The molecule has 2 amide bonds. The summed E-state index contributed by atoms with van der Waals surface area (Å²) in [4.78, 5) is 36.9. The first-order chi connectivity index (χ1) is 12.1. The van der Waals surface area contributed by atoms with E-state index < -0.39 is 6.09 Å². The van der Waals surface area contributed by atoms with Crippen molar-refractivity contribution in [2.24, 2.45) is 0 Å². The number of nitrogens with one attached hydrogen (secondary N) is 1. The second-order valence-corrected chi connectivity index (χ2v) is 7.09. The molecule has 7 nitrogen and oxygen atoms in total. The third kappa shape index (κ3) is 3.44. The molecule has 26 heavy (non-hydrogen) atoms. The van der Waals surface area contributed by atoms with Gasteiger partial charge >= 0.3 is 12.0 Å². The topological polar surface area (TPSA) is 86.7 Å². The fourth-order valence-electron chi connectivity index (χ4n) is 3.74. The van der Waals surface area contributed by atoms with Crippen molar-refractivity contribution < 1.29 is 19.5 Å². The summed E-state index contributed by atoms with van der Waals surface area (Å²) in [5.41, 5.74) is 2.38. The van der Waals surface area contributed by atoms with Crippen molar-refractivity contribution in [3.05, 3.63) is 23.8 Å². The van der Waals surface area contributed by atoms with E-state index >= 15 is 0 Å². The molecule has 1 aromatic rings. The van der Waals surface area contributed by atoms with E-state index in [0.717, 1.165) is 16.9 Å². The Hall–Kier alpha value is -2.41. The van der Waals surface area contributed by atoms with Crippen LogP contribution in [0.3, 0.4) is 0 Å². The highest BCUT2D eigenvalue weighted by atomic mass is 16.4. The number of benzene rings is 1. The standard InChI is InChI=1S/C19H27N3O4/c1-6-21(19(25)26)17-9-12(2)22(5,14(4)24)18-8-7-15(10-16(17)18)20-11-13(3)23/h7-8,10,12,17,20H,6,9,11H2,1-5H3/p+1/t12-,17+,22?/m0/s1. The SMILES string of the molecule is CCN(C(=O)O)[C@@H]1C[C@H](C)[N+](C)(C(C)=O)c2ccc(NCC(C)=O)cc21. The molecular formula is C19H28N3O4+. The number of carbonyl (C=O) groups is 3. The van der Waals surface area contributed by atoms with Crippen molar-refractivity contribution in [3.8, 4) is 0 Å². The number of fused-ring (bicyclic) bond motifs is 1. The zero-order chi connectivity index (χ0) is 19.6. The molecule has 1 heterocycles. The lowest BCUT2D eigenvalue weighted by Gasteiger charge is -2.45. The van der Waals surface area contributed by atoms with Crippen LogP contribution >= 0.6 is 0 Å². The summed E-state index contributed by atoms with van der Waals surface area (Å²) in [7, 11) is 1.88. The van der Waals surface area contributed by atoms with E-state index in [2.05, 4.69) is 5.32 Å². The van der Waals surface area contributed by atoms with Crippen LogP contribution in [-0.4, -0.2) is 54.0 Å². The summed E-state index contributed by atoms with van der Waals surface area (Å²) in [6.45, 7) is 7.43. The van der Waals surface area contributed by atoms with Crippen molar-refractivity contribution in [1.82, 2.24) is 9.38 Å². The monoisotopic (exact) mass is 362 g/mol. The van der Waals surface area contributed by atoms with Gasteiger partial charge in [-0.15, -0.1) is 0 Å². The smallest absolute Gasteiger partial charge is 0.407 e. The molecule has 0 bridgehead atoms. The molecule has 0 aromatic heterocycles. The number of anilines is 1. The molecule has 0 fully saturated rings. The van der Waals surface area contributed by atoms with Crippen LogP contribution < -0.4 is 9.80 Å². The molecule has 0 radical (unpaired) electrons. The number of rotatable bonds is 5. The maximum atomic E-state index is 12.5. The first-order valence-corrected chi connectivity index (χ1v) is 8.87. The normalized spacial score (nSPS) is 24.5. The van der Waals surface area contributed by atoms with Gasteiger partial charge in [-0.3, -0.25) is 4.79 Å². The molecule has 1 unspecified atom stereocenters. The van der Waals surface area contributed by atoms with Crippen LogP contribution in [0.15, 0.2) is 18.2 Å². The lowest BCUT2D eigenvalue weighted by atomic mass is 9.88. The van der Waals surface area contributed by atoms with E-state index in [9.17, 15) is 19.5 Å². The number of hydrogen-bond donors (Lipinski definition) is 2. The number of hydrogen-bond acceptors (Lipinski definition) is 4. The average molecular weight is 362 g/mol. The number of nitrogens with zero attached hydrogens (tertiary/aromatic N) is 2. The summed E-state index contributed by atoms with van der Waals surface area (Å²) >= 11 is 0. The van der Waals surface area contributed by atoms with Gasteiger partial charge in [0.05, 0.1) is 32.6 Å². The maximum absolute atomic E-state index is 12.5. The largest absolute Gasteiger partial charge is 0.465 e. The minimum Gasteiger partial charge on any atom is -0.465 e. The molecule has 142 valence electrons. The van der Waals surface area contributed by atoms with Crippen LogP contribution in [0.4, 0.5) is 16.2 Å². The number of ketones is 1. The van der Waals surface area contributed by atoms with E-state index in [1.165, 1.54) is 11.8 Å². The Labute approximate surface area is 154 Å². The van der Waals surface area contributed by atoms with Crippen LogP contribution in [0, 0.1) is 0 Å². The summed E-state index contributed by atoms with van der Waals surface area (Å²) in [6.07, 6.45) is -0.420. The summed E-state index contributed by atoms with van der Waals surface area (Å²) in [5.74, 6) is 0.0259. The first kappa shape index (κ1) is 19.9.